The van der Waals surface area contributed by atoms with Crippen molar-refractivity contribution in [2.24, 2.45) is 0 Å². The van der Waals surface area contributed by atoms with E-state index in [1.54, 1.807) is 18.3 Å². The van der Waals surface area contributed by atoms with E-state index in [1.165, 1.54) is 17.4 Å². The lowest BCUT2D eigenvalue weighted by Gasteiger charge is -2.07. The minimum Gasteiger partial charge on any atom is -0.372 e. The van der Waals surface area contributed by atoms with Crippen molar-refractivity contribution < 1.29 is 4.42 Å². The van der Waals surface area contributed by atoms with Gasteiger partial charge in [0.25, 0.3) is 0 Å². The first-order valence-electron chi connectivity index (χ1n) is 8.17. The van der Waals surface area contributed by atoms with Crippen molar-refractivity contribution in [1.29, 1.82) is 0 Å². The van der Waals surface area contributed by atoms with Gasteiger partial charge in [0.05, 0.1) is 6.54 Å². The molecule has 0 fully saturated rings. The van der Waals surface area contributed by atoms with Crippen molar-refractivity contribution in [2.75, 3.05) is 5.33 Å². The minimum absolute atomic E-state index is 0.305. The summed E-state index contributed by atoms with van der Waals surface area (Å²) in [6.07, 6.45) is 4.15. The average molecular weight is 405 g/mol. The monoisotopic (exact) mass is 404 g/mol. The maximum atomic E-state index is 11.9. The zero-order valence-corrected chi connectivity index (χ0v) is 16.0. The first kappa shape index (κ1) is 19.1. The molecule has 2 heterocycles. The number of alkyl halides is 1. The van der Waals surface area contributed by atoms with Gasteiger partial charge in [0.1, 0.15) is 5.39 Å². The molecule has 0 saturated heterocycles. The van der Waals surface area contributed by atoms with Gasteiger partial charge in [0.2, 0.25) is 0 Å². The van der Waals surface area contributed by atoms with E-state index in [2.05, 4.69) is 27.8 Å². The highest BCUT2D eigenvalue weighted by Gasteiger charge is 2.10. The van der Waals surface area contributed by atoms with E-state index in [9.17, 15) is 9.59 Å². The van der Waals surface area contributed by atoms with Gasteiger partial charge in [-0.1, -0.05) is 59.1 Å². The van der Waals surface area contributed by atoms with Gasteiger partial charge in [-0.15, -0.1) is 0 Å². The van der Waals surface area contributed by atoms with Crippen molar-refractivity contribution >= 4 is 27.0 Å². The largest absolute Gasteiger partial charge is 0.423 e. The molecule has 0 aliphatic heterocycles. The number of rotatable bonds is 4. The molecule has 5 nitrogen and oxygen atoms in total. The number of benzene rings is 1. The SMILES string of the molecule is CCCCBr.Cc1ccc(Cn2c(=O)oc(=O)c3cccnc32)cc1. The standard InChI is InChI=1S/C15H12N2O3.C4H9Br/c1-10-4-6-11(7-5-10)9-17-13-12(3-2-8-16-13)14(18)20-15(17)19;1-2-3-4-5/h2-8H,9H2,1H3;2-4H2,1H3. The lowest BCUT2D eigenvalue weighted by molar-refractivity contribution is 0.423. The summed E-state index contributed by atoms with van der Waals surface area (Å²) in [5.41, 5.74) is 1.77. The fourth-order valence-electron chi connectivity index (χ4n) is 2.20. The van der Waals surface area contributed by atoms with Gasteiger partial charge in [0, 0.05) is 11.5 Å². The molecule has 1 aromatic carbocycles. The molecule has 0 amide bonds. The average Bonchev–Trinajstić information content (AvgIpc) is 2.61. The molecule has 0 aliphatic rings. The lowest BCUT2D eigenvalue weighted by Crippen LogP contribution is -2.26. The van der Waals surface area contributed by atoms with Crippen LogP contribution in [0.15, 0.2) is 56.6 Å². The van der Waals surface area contributed by atoms with E-state index in [4.69, 9.17) is 4.42 Å². The molecule has 2 aromatic heterocycles. The summed E-state index contributed by atoms with van der Waals surface area (Å²) in [5.74, 6) is -0.693. The van der Waals surface area contributed by atoms with Crippen LogP contribution in [0.2, 0.25) is 0 Å². The van der Waals surface area contributed by atoms with E-state index in [-0.39, 0.29) is 0 Å². The van der Waals surface area contributed by atoms with Crippen LogP contribution in [0.25, 0.3) is 11.0 Å². The van der Waals surface area contributed by atoms with Crippen LogP contribution < -0.4 is 11.4 Å². The highest BCUT2D eigenvalue weighted by Crippen LogP contribution is 2.08. The van der Waals surface area contributed by atoms with Crippen LogP contribution in [-0.4, -0.2) is 14.9 Å². The fraction of sp³-hybridized carbons (Fsp3) is 0.316. The molecule has 3 aromatic rings. The number of hydrogen-bond acceptors (Lipinski definition) is 4. The zero-order valence-electron chi connectivity index (χ0n) is 14.4. The maximum absolute atomic E-state index is 11.9. The lowest BCUT2D eigenvalue weighted by atomic mass is 10.1. The quantitative estimate of drug-likeness (QED) is 0.618. The van der Waals surface area contributed by atoms with Gasteiger partial charge in [-0.3, -0.25) is 4.57 Å². The van der Waals surface area contributed by atoms with Gasteiger partial charge in [-0.25, -0.2) is 14.6 Å². The van der Waals surface area contributed by atoms with E-state index >= 15 is 0 Å². The predicted molar refractivity (Wildman–Crippen MR) is 104 cm³/mol. The van der Waals surface area contributed by atoms with Gasteiger partial charge in [0.15, 0.2) is 5.65 Å². The Bertz CT molecular complexity index is 928. The molecule has 0 unspecified atom stereocenters. The van der Waals surface area contributed by atoms with Gasteiger partial charge < -0.3 is 4.42 Å². The van der Waals surface area contributed by atoms with E-state index in [0.29, 0.717) is 17.6 Å². The van der Waals surface area contributed by atoms with Gasteiger partial charge >= 0.3 is 11.4 Å². The Morgan fingerprint density at radius 1 is 1.16 bits per heavy atom. The second-order valence-corrected chi connectivity index (χ2v) is 6.44. The fourth-order valence-corrected chi connectivity index (χ4v) is 2.76. The summed E-state index contributed by atoms with van der Waals surface area (Å²) in [4.78, 5) is 27.6. The maximum Gasteiger partial charge on any atom is 0.423 e. The summed E-state index contributed by atoms with van der Waals surface area (Å²) in [5, 5.41) is 1.46. The van der Waals surface area contributed by atoms with Crippen LogP contribution in [0.3, 0.4) is 0 Å². The third-order valence-electron chi connectivity index (χ3n) is 3.61. The Hall–Kier alpha value is -2.21. The zero-order chi connectivity index (χ0) is 18.2. The Kier molecular flexibility index (Phi) is 7.13. The number of nitrogens with zero attached hydrogens (tertiary/aromatic N) is 2. The third kappa shape index (κ3) is 5.13. The molecular formula is C19H21BrN2O3. The number of aryl methyl sites for hydroxylation is 1. The second kappa shape index (κ2) is 9.32. The summed E-state index contributed by atoms with van der Waals surface area (Å²) < 4.78 is 6.09. The number of aromatic nitrogens is 2. The third-order valence-corrected chi connectivity index (χ3v) is 4.17. The van der Waals surface area contributed by atoms with Crippen molar-refractivity contribution in [3.05, 3.63) is 74.7 Å². The van der Waals surface area contributed by atoms with Gasteiger partial charge in [-0.2, -0.15) is 0 Å². The summed E-state index contributed by atoms with van der Waals surface area (Å²) in [7, 11) is 0. The second-order valence-electron chi connectivity index (χ2n) is 5.64. The molecule has 3 rings (SSSR count). The number of unbranched alkanes of at least 4 members (excludes halogenated alkanes) is 1. The molecule has 0 radical (unpaired) electrons. The number of fused-ring (bicyclic) bond motifs is 1. The summed E-state index contributed by atoms with van der Waals surface area (Å²) in [6, 6.07) is 11.0. The van der Waals surface area contributed by atoms with E-state index in [1.807, 2.05) is 31.2 Å². The van der Waals surface area contributed by atoms with E-state index < -0.39 is 11.4 Å². The van der Waals surface area contributed by atoms with E-state index in [0.717, 1.165) is 16.5 Å². The molecule has 0 bridgehead atoms. The summed E-state index contributed by atoms with van der Waals surface area (Å²) >= 11 is 3.31. The molecule has 6 heteroatoms. The Morgan fingerprint density at radius 2 is 1.88 bits per heavy atom. The van der Waals surface area contributed by atoms with Crippen molar-refractivity contribution in [3.8, 4) is 0 Å². The number of hydrogen-bond donors (Lipinski definition) is 0. The highest BCUT2D eigenvalue weighted by atomic mass is 79.9. The van der Waals surface area contributed by atoms with Crippen LogP contribution in [-0.2, 0) is 6.54 Å². The smallest absolute Gasteiger partial charge is 0.372 e. The number of pyridine rings is 1. The van der Waals surface area contributed by atoms with Crippen molar-refractivity contribution in [2.45, 2.75) is 33.2 Å². The molecule has 0 N–H and O–H groups in total. The van der Waals surface area contributed by atoms with Crippen LogP contribution in [0.1, 0.15) is 30.9 Å². The van der Waals surface area contributed by atoms with Crippen molar-refractivity contribution in [3.63, 3.8) is 0 Å². The van der Waals surface area contributed by atoms with Gasteiger partial charge in [-0.05, 0) is 31.0 Å². The predicted octanol–water partition coefficient (Wildman–Crippen LogP) is 3.89. The topological polar surface area (TPSA) is 65.1 Å². The van der Waals surface area contributed by atoms with Crippen LogP contribution in [0.4, 0.5) is 0 Å². The first-order valence-corrected chi connectivity index (χ1v) is 9.29. The Morgan fingerprint density at radius 3 is 2.48 bits per heavy atom. The minimum atomic E-state index is -0.693. The Labute approximate surface area is 154 Å². The summed E-state index contributed by atoms with van der Waals surface area (Å²) in [6.45, 7) is 4.49. The molecule has 0 spiro atoms. The normalized spacial score (nSPS) is 10.4. The Balaban J connectivity index is 0.000000399. The van der Waals surface area contributed by atoms with Crippen LogP contribution in [0, 0.1) is 6.92 Å². The molecule has 25 heavy (non-hydrogen) atoms. The number of halogens is 1. The molecule has 0 saturated carbocycles. The van der Waals surface area contributed by atoms with Crippen LogP contribution in [0.5, 0.6) is 0 Å². The first-order chi connectivity index (χ1) is 12.1. The van der Waals surface area contributed by atoms with Crippen LogP contribution >= 0.6 is 15.9 Å². The molecular weight excluding hydrogens is 384 g/mol. The van der Waals surface area contributed by atoms with Crippen molar-refractivity contribution in [1.82, 2.24) is 9.55 Å². The molecule has 0 aliphatic carbocycles. The molecule has 132 valence electrons. The highest BCUT2D eigenvalue weighted by molar-refractivity contribution is 9.09. The molecule has 0 atom stereocenters.